The summed E-state index contributed by atoms with van der Waals surface area (Å²) < 4.78 is 0. The van der Waals surface area contributed by atoms with Gasteiger partial charge in [0.1, 0.15) is 5.54 Å². The highest BCUT2D eigenvalue weighted by Gasteiger charge is 2.42. The van der Waals surface area contributed by atoms with Gasteiger partial charge in [0.15, 0.2) is 0 Å². The Labute approximate surface area is 129 Å². The summed E-state index contributed by atoms with van der Waals surface area (Å²) in [5.41, 5.74) is -0.251. The fraction of sp³-hybridized carbons (Fsp3) is 0.941. The molecule has 0 spiro atoms. The minimum atomic E-state index is -0.251. The predicted octanol–water partition coefficient (Wildman–Crippen LogP) is 1.97. The van der Waals surface area contributed by atoms with Crippen LogP contribution in [0.2, 0.25) is 0 Å². The van der Waals surface area contributed by atoms with Crippen LogP contribution in [0.1, 0.15) is 51.4 Å². The first-order valence-corrected chi connectivity index (χ1v) is 8.71. The van der Waals surface area contributed by atoms with Crippen molar-refractivity contribution >= 4 is 0 Å². The van der Waals surface area contributed by atoms with E-state index in [9.17, 15) is 5.26 Å². The van der Waals surface area contributed by atoms with Crippen LogP contribution < -0.4 is 5.32 Å². The van der Waals surface area contributed by atoms with E-state index < -0.39 is 0 Å². The number of nitrogens with one attached hydrogen (secondary N) is 1. The molecule has 3 fully saturated rings. The van der Waals surface area contributed by atoms with E-state index in [2.05, 4.69) is 35.3 Å². The van der Waals surface area contributed by atoms with Gasteiger partial charge in [0.05, 0.1) is 6.07 Å². The molecule has 1 heterocycles. The van der Waals surface area contributed by atoms with Gasteiger partial charge >= 0.3 is 0 Å². The van der Waals surface area contributed by atoms with Crippen molar-refractivity contribution in [3.05, 3.63) is 0 Å². The standard InChI is InChI=1S/C17H30N4/c1-20-10-4-6-16(12-20)21(2)15-5-3-9-17(11-15,13-18)19-14-7-8-14/h14-16,19H,3-12H2,1-2H3. The van der Waals surface area contributed by atoms with Crippen molar-refractivity contribution in [1.29, 1.82) is 5.26 Å². The fourth-order valence-electron chi connectivity index (χ4n) is 4.25. The van der Waals surface area contributed by atoms with E-state index >= 15 is 0 Å². The van der Waals surface area contributed by atoms with Crippen LogP contribution in [0.15, 0.2) is 0 Å². The van der Waals surface area contributed by atoms with Crippen molar-refractivity contribution in [2.45, 2.75) is 75.0 Å². The third-order valence-corrected chi connectivity index (χ3v) is 5.75. The Bertz CT molecular complexity index is 400. The Morgan fingerprint density at radius 2 is 1.95 bits per heavy atom. The predicted molar refractivity (Wildman–Crippen MR) is 85.0 cm³/mol. The SMILES string of the molecule is CN1CCCC(N(C)C2CCCC(C#N)(NC3CC3)C2)C1. The van der Waals surface area contributed by atoms with E-state index in [0.29, 0.717) is 18.1 Å². The van der Waals surface area contributed by atoms with Crippen LogP contribution in [0.25, 0.3) is 0 Å². The second-order valence-corrected chi connectivity index (χ2v) is 7.59. The molecule has 0 aromatic rings. The fourth-order valence-corrected chi connectivity index (χ4v) is 4.25. The van der Waals surface area contributed by atoms with Crippen LogP contribution in [-0.2, 0) is 0 Å². The van der Waals surface area contributed by atoms with Crippen molar-refractivity contribution in [2.75, 3.05) is 27.2 Å². The lowest BCUT2D eigenvalue weighted by atomic mass is 9.78. The summed E-state index contributed by atoms with van der Waals surface area (Å²) in [5, 5.41) is 13.4. The molecular formula is C17H30N4. The summed E-state index contributed by atoms with van der Waals surface area (Å²) in [6, 6.07) is 4.50. The van der Waals surface area contributed by atoms with Crippen molar-refractivity contribution in [2.24, 2.45) is 0 Å². The number of hydrogen-bond acceptors (Lipinski definition) is 4. The zero-order valence-corrected chi connectivity index (χ0v) is 13.6. The second kappa shape index (κ2) is 6.24. The number of hydrogen-bond donors (Lipinski definition) is 1. The average Bonchev–Trinajstić information content (AvgIpc) is 3.30. The van der Waals surface area contributed by atoms with Gasteiger partial charge in [-0.15, -0.1) is 0 Å². The minimum absolute atomic E-state index is 0.251. The van der Waals surface area contributed by atoms with Crippen LogP contribution in [0.5, 0.6) is 0 Å². The molecule has 4 heteroatoms. The highest BCUT2D eigenvalue weighted by atomic mass is 15.2. The lowest BCUT2D eigenvalue weighted by Crippen LogP contribution is -2.56. The van der Waals surface area contributed by atoms with Crippen LogP contribution >= 0.6 is 0 Å². The minimum Gasteiger partial charge on any atom is -0.305 e. The molecule has 118 valence electrons. The maximum atomic E-state index is 9.73. The molecule has 0 radical (unpaired) electrons. The number of nitrogens with zero attached hydrogens (tertiary/aromatic N) is 3. The van der Waals surface area contributed by atoms with E-state index in [-0.39, 0.29) is 5.54 Å². The third-order valence-electron chi connectivity index (χ3n) is 5.75. The average molecular weight is 290 g/mol. The van der Waals surface area contributed by atoms with Crippen LogP contribution in [0.3, 0.4) is 0 Å². The molecule has 1 N–H and O–H groups in total. The van der Waals surface area contributed by atoms with Crippen LogP contribution in [0, 0.1) is 11.3 Å². The lowest BCUT2D eigenvalue weighted by molar-refractivity contribution is 0.0645. The Morgan fingerprint density at radius 1 is 1.19 bits per heavy atom. The van der Waals surface area contributed by atoms with Crippen molar-refractivity contribution < 1.29 is 0 Å². The Kier molecular flexibility index (Phi) is 4.54. The molecule has 3 aliphatic rings. The molecule has 0 aromatic heterocycles. The van der Waals surface area contributed by atoms with Gasteiger partial charge in [0, 0.05) is 24.7 Å². The van der Waals surface area contributed by atoms with E-state index in [1.165, 1.54) is 51.6 Å². The molecule has 0 bridgehead atoms. The van der Waals surface area contributed by atoms with Gasteiger partial charge in [0.25, 0.3) is 0 Å². The molecule has 2 aliphatic carbocycles. The molecule has 3 rings (SSSR count). The topological polar surface area (TPSA) is 42.3 Å². The highest BCUT2D eigenvalue weighted by Crippen LogP contribution is 2.35. The largest absolute Gasteiger partial charge is 0.305 e. The van der Waals surface area contributed by atoms with E-state index in [1.807, 2.05) is 0 Å². The highest BCUT2D eigenvalue weighted by molar-refractivity contribution is 5.13. The number of rotatable bonds is 4. The smallest absolute Gasteiger partial charge is 0.108 e. The normalized spacial score (nSPS) is 38.4. The first-order chi connectivity index (χ1) is 10.1. The van der Waals surface area contributed by atoms with Gasteiger partial charge in [-0.05, 0) is 72.0 Å². The van der Waals surface area contributed by atoms with Crippen LogP contribution in [-0.4, -0.2) is 60.6 Å². The third kappa shape index (κ3) is 3.59. The number of nitriles is 1. The quantitative estimate of drug-likeness (QED) is 0.859. The Balaban J connectivity index is 1.62. The molecular weight excluding hydrogens is 260 g/mol. The van der Waals surface area contributed by atoms with Gasteiger partial charge in [-0.25, -0.2) is 0 Å². The summed E-state index contributed by atoms with van der Waals surface area (Å²) in [6.07, 6.45) is 9.63. The molecule has 3 unspecified atom stereocenters. The maximum absolute atomic E-state index is 9.73. The molecule has 3 atom stereocenters. The van der Waals surface area contributed by atoms with E-state index in [0.717, 1.165) is 12.8 Å². The van der Waals surface area contributed by atoms with E-state index in [4.69, 9.17) is 0 Å². The summed E-state index contributed by atoms with van der Waals surface area (Å²) in [6.45, 7) is 2.42. The Hall–Kier alpha value is -0.630. The molecule has 4 nitrogen and oxygen atoms in total. The number of likely N-dealkylation sites (N-methyl/N-ethyl adjacent to an activating group) is 2. The zero-order valence-electron chi connectivity index (χ0n) is 13.6. The molecule has 0 aromatic carbocycles. The molecule has 1 saturated heterocycles. The molecule has 0 amide bonds. The first-order valence-electron chi connectivity index (χ1n) is 8.71. The van der Waals surface area contributed by atoms with Gasteiger partial charge < -0.3 is 4.90 Å². The summed E-state index contributed by atoms with van der Waals surface area (Å²) in [7, 11) is 4.52. The van der Waals surface area contributed by atoms with Crippen molar-refractivity contribution in [3.8, 4) is 6.07 Å². The zero-order chi connectivity index (χ0) is 14.9. The van der Waals surface area contributed by atoms with E-state index in [1.54, 1.807) is 0 Å². The summed E-state index contributed by atoms with van der Waals surface area (Å²) >= 11 is 0. The van der Waals surface area contributed by atoms with Gasteiger partial charge in [-0.2, -0.15) is 5.26 Å². The van der Waals surface area contributed by atoms with Crippen molar-refractivity contribution in [3.63, 3.8) is 0 Å². The second-order valence-electron chi connectivity index (χ2n) is 7.59. The van der Waals surface area contributed by atoms with Crippen molar-refractivity contribution in [1.82, 2.24) is 15.1 Å². The first kappa shape index (κ1) is 15.3. The van der Waals surface area contributed by atoms with Gasteiger partial charge in [-0.1, -0.05) is 0 Å². The lowest BCUT2D eigenvalue weighted by Gasteiger charge is -2.45. The molecule has 2 saturated carbocycles. The summed E-state index contributed by atoms with van der Waals surface area (Å²) in [5.74, 6) is 0. The molecule has 1 aliphatic heterocycles. The van der Waals surface area contributed by atoms with Gasteiger partial charge in [0.2, 0.25) is 0 Å². The number of piperidine rings is 1. The number of likely N-dealkylation sites (tertiary alicyclic amines) is 1. The summed E-state index contributed by atoms with van der Waals surface area (Å²) in [4.78, 5) is 5.04. The Morgan fingerprint density at radius 3 is 2.62 bits per heavy atom. The van der Waals surface area contributed by atoms with Crippen LogP contribution in [0.4, 0.5) is 0 Å². The van der Waals surface area contributed by atoms with Gasteiger partial charge in [-0.3, -0.25) is 10.2 Å². The maximum Gasteiger partial charge on any atom is 0.108 e. The molecule has 21 heavy (non-hydrogen) atoms. The monoisotopic (exact) mass is 290 g/mol.